The van der Waals surface area contributed by atoms with E-state index in [-0.39, 0.29) is 11.3 Å². The van der Waals surface area contributed by atoms with Gasteiger partial charge in [0.05, 0.1) is 18.2 Å². The molecule has 0 aliphatic carbocycles. The lowest BCUT2D eigenvalue weighted by atomic mass is 9.99. The highest BCUT2D eigenvalue weighted by molar-refractivity contribution is 7.10. The van der Waals surface area contributed by atoms with Gasteiger partial charge in [0.1, 0.15) is 11.5 Å². The average Bonchev–Trinajstić information content (AvgIpc) is 3.57. The third-order valence-electron chi connectivity index (χ3n) is 6.39. The molecule has 1 atom stereocenters. The van der Waals surface area contributed by atoms with Gasteiger partial charge in [0.15, 0.2) is 0 Å². The van der Waals surface area contributed by atoms with Crippen molar-refractivity contribution in [3.8, 4) is 5.75 Å². The number of thiophene rings is 1. The zero-order chi connectivity index (χ0) is 24.5. The molecule has 0 saturated carbocycles. The van der Waals surface area contributed by atoms with Crippen molar-refractivity contribution >= 4 is 39.7 Å². The van der Waals surface area contributed by atoms with Crippen LogP contribution in [0.2, 0.25) is 0 Å². The van der Waals surface area contributed by atoms with Gasteiger partial charge in [-0.2, -0.15) is 0 Å². The molecule has 0 radical (unpaired) electrons. The highest BCUT2D eigenvalue weighted by Crippen LogP contribution is 2.41. The number of fused-ring (bicyclic) bond motifs is 1. The van der Waals surface area contributed by atoms with Crippen LogP contribution in [0.5, 0.6) is 5.75 Å². The number of nitrogens with zero attached hydrogens (tertiary/aromatic N) is 2. The van der Waals surface area contributed by atoms with E-state index in [0.717, 1.165) is 21.3 Å². The smallest absolute Gasteiger partial charge is 0.295 e. The number of likely N-dealkylation sites (tertiary alicyclic amines) is 1. The number of carbonyl (C=O) groups is 2. The summed E-state index contributed by atoms with van der Waals surface area (Å²) in [6, 6.07) is 18.2. The van der Waals surface area contributed by atoms with Crippen molar-refractivity contribution in [2.45, 2.75) is 19.4 Å². The Morgan fingerprint density at radius 2 is 1.83 bits per heavy atom. The van der Waals surface area contributed by atoms with Gasteiger partial charge < -0.3 is 19.3 Å². The predicted octanol–water partition coefficient (Wildman–Crippen LogP) is 5.30. The summed E-state index contributed by atoms with van der Waals surface area (Å²) >= 11 is 1.47. The van der Waals surface area contributed by atoms with Gasteiger partial charge in [-0.05, 0) is 60.7 Å². The number of hydrogen-bond donors (Lipinski definition) is 1. The first-order valence-corrected chi connectivity index (χ1v) is 12.5. The lowest BCUT2D eigenvalue weighted by Gasteiger charge is -2.24. The second kappa shape index (κ2) is 9.43. The standard InChI is InChI=1S/C28H26N2O4S/c1-3-34-20-12-10-18(11-13-20)26(31)24-25(23-9-6-16-35-23)30(28(33)27(24)32)15-14-19-17-29(2)22-8-5-4-7-21(19)22/h4-13,16-17,25,31H,3,14-15H2,1-2H3/b26-24-. The van der Waals surface area contributed by atoms with E-state index in [2.05, 4.69) is 22.9 Å². The molecule has 0 bridgehead atoms. The van der Waals surface area contributed by atoms with Gasteiger partial charge in [-0.1, -0.05) is 24.3 Å². The van der Waals surface area contributed by atoms with E-state index < -0.39 is 17.7 Å². The van der Waals surface area contributed by atoms with Crippen LogP contribution >= 0.6 is 11.3 Å². The largest absolute Gasteiger partial charge is 0.507 e. The molecule has 7 heteroatoms. The fourth-order valence-electron chi connectivity index (χ4n) is 4.75. The number of para-hydroxylation sites is 1. The maximum Gasteiger partial charge on any atom is 0.295 e. The molecule has 178 valence electrons. The minimum Gasteiger partial charge on any atom is -0.507 e. The Hall–Kier alpha value is -3.84. The van der Waals surface area contributed by atoms with Crippen LogP contribution in [0.15, 0.2) is 77.8 Å². The fraction of sp³-hybridized carbons (Fsp3) is 0.214. The molecule has 5 rings (SSSR count). The SMILES string of the molecule is CCOc1ccc(/C(O)=C2/C(=O)C(=O)N(CCc3cn(C)c4ccccc34)C2c2cccs2)cc1. The van der Waals surface area contributed by atoms with Crippen molar-refractivity contribution in [2.75, 3.05) is 13.2 Å². The van der Waals surface area contributed by atoms with Crippen molar-refractivity contribution in [1.82, 2.24) is 9.47 Å². The number of aliphatic hydroxyl groups is 1. The van der Waals surface area contributed by atoms with E-state index in [4.69, 9.17) is 4.74 Å². The third-order valence-corrected chi connectivity index (χ3v) is 7.32. The number of aryl methyl sites for hydroxylation is 1. The second-order valence-corrected chi connectivity index (χ2v) is 9.48. The van der Waals surface area contributed by atoms with Crippen molar-refractivity contribution in [2.24, 2.45) is 7.05 Å². The summed E-state index contributed by atoms with van der Waals surface area (Å²) in [5.74, 6) is -0.740. The first-order chi connectivity index (χ1) is 17.0. The molecule has 4 aromatic rings. The molecular weight excluding hydrogens is 460 g/mol. The number of benzene rings is 2. The van der Waals surface area contributed by atoms with E-state index >= 15 is 0 Å². The molecule has 6 nitrogen and oxygen atoms in total. The molecule has 0 spiro atoms. The summed E-state index contributed by atoms with van der Waals surface area (Å²) in [6.45, 7) is 2.79. The van der Waals surface area contributed by atoms with E-state index in [1.165, 1.54) is 11.3 Å². The van der Waals surface area contributed by atoms with Crippen LogP contribution in [-0.2, 0) is 23.1 Å². The fourth-order valence-corrected chi connectivity index (χ4v) is 5.60. The second-order valence-electron chi connectivity index (χ2n) is 8.50. The Labute approximate surface area is 207 Å². The van der Waals surface area contributed by atoms with Crippen molar-refractivity contribution in [1.29, 1.82) is 0 Å². The molecule has 1 amide bonds. The molecule has 1 unspecified atom stereocenters. The first kappa shape index (κ1) is 22.9. The first-order valence-electron chi connectivity index (χ1n) is 11.6. The monoisotopic (exact) mass is 486 g/mol. The van der Waals surface area contributed by atoms with Gasteiger partial charge in [0.2, 0.25) is 0 Å². The number of amides is 1. The third kappa shape index (κ3) is 4.12. The quantitative estimate of drug-likeness (QED) is 0.219. The van der Waals surface area contributed by atoms with Crippen LogP contribution in [0.1, 0.15) is 29.0 Å². The molecule has 2 aromatic carbocycles. The van der Waals surface area contributed by atoms with Gasteiger partial charge in [-0.3, -0.25) is 9.59 Å². The Bertz CT molecular complexity index is 1420. The van der Waals surface area contributed by atoms with Gasteiger partial charge >= 0.3 is 0 Å². The summed E-state index contributed by atoms with van der Waals surface area (Å²) < 4.78 is 7.55. The normalized spacial score (nSPS) is 17.4. The topological polar surface area (TPSA) is 71.8 Å². The number of ether oxygens (including phenoxy) is 1. The zero-order valence-electron chi connectivity index (χ0n) is 19.6. The maximum atomic E-state index is 13.2. The average molecular weight is 487 g/mol. The zero-order valence-corrected chi connectivity index (χ0v) is 20.4. The van der Waals surface area contributed by atoms with Crippen LogP contribution in [-0.4, -0.2) is 39.4 Å². The molecule has 2 aromatic heterocycles. The summed E-state index contributed by atoms with van der Waals surface area (Å²) in [4.78, 5) is 28.8. The maximum absolute atomic E-state index is 13.2. The summed E-state index contributed by atoms with van der Waals surface area (Å²) in [6.07, 6.45) is 2.67. The van der Waals surface area contributed by atoms with Crippen molar-refractivity contribution < 1.29 is 19.4 Å². The molecule has 1 saturated heterocycles. The van der Waals surface area contributed by atoms with Crippen molar-refractivity contribution in [3.05, 3.63) is 93.8 Å². The van der Waals surface area contributed by atoms with Crippen LogP contribution in [0, 0.1) is 0 Å². The van der Waals surface area contributed by atoms with Gasteiger partial charge in [-0.15, -0.1) is 11.3 Å². The molecule has 35 heavy (non-hydrogen) atoms. The van der Waals surface area contributed by atoms with Crippen molar-refractivity contribution in [3.63, 3.8) is 0 Å². The Morgan fingerprint density at radius 3 is 2.54 bits per heavy atom. The van der Waals surface area contributed by atoms with E-state index in [9.17, 15) is 14.7 Å². The molecule has 1 N–H and O–H groups in total. The lowest BCUT2D eigenvalue weighted by Crippen LogP contribution is -2.31. The van der Waals surface area contributed by atoms with Crippen LogP contribution in [0.25, 0.3) is 16.7 Å². The van der Waals surface area contributed by atoms with Crippen LogP contribution in [0.3, 0.4) is 0 Å². The van der Waals surface area contributed by atoms with E-state index in [1.807, 2.05) is 43.6 Å². The van der Waals surface area contributed by atoms with Gasteiger partial charge in [0, 0.05) is 41.1 Å². The van der Waals surface area contributed by atoms with Gasteiger partial charge in [0.25, 0.3) is 11.7 Å². The molecule has 1 aliphatic heterocycles. The number of aromatic nitrogens is 1. The lowest BCUT2D eigenvalue weighted by molar-refractivity contribution is -0.139. The number of Topliss-reactive ketones (excluding diaryl/α,β-unsaturated/α-hetero) is 1. The number of aliphatic hydroxyl groups excluding tert-OH is 1. The number of carbonyl (C=O) groups excluding carboxylic acids is 2. The van der Waals surface area contributed by atoms with Crippen LogP contribution in [0.4, 0.5) is 0 Å². The molecule has 1 fully saturated rings. The molecule has 1 aliphatic rings. The van der Waals surface area contributed by atoms with E-state index in [1.54, 1.807) is 29.2 Å². The Balaban J connectivity index is 1.51. The molecule has 3 heterocycles. The van der Waals surface area contributed by atoms with E-state index in [0.29, 0.717) is 30.9 Å². The van der Waals surface area contributed by atoms with Gasteiger partial charge in [-0.25, -0.2) is 0 Å². The summed E-state index contributed by atoms with van der Waals surface area (Å²) in [5, 5.41) is 14.2. The number of rotatable bonds is 7. The summed E-state index contributed by atoms with van der Waals surface area (Å²) in [7, 11) is 2.00. The minimum absolute atomic E-state index is 0.125. The molecular formula is C28H26N2O4S. The van der Waals surface area contributed by atoms with Crippen LogP contribution < -0.4 is 4.74 Å². The Morgan fingerprint density at radius 1 is 1.06 bits per heavy atom. The predicted molar refractivity (Wildman–Crippen MR) is 138 cm³/mol. The highest BCUT2D eigenvalue weighted by atomic mass is 32.1. The number of hydrogen-bond acceptors (Lipinski definition) is 5. The highest BCUT2D eigenvalue weighted by Gasteiger charge is 2.46. The Kier molecular flexibility index (Phi) is 6.17. The summed E-state index contributed by atoms with van der Waals surface area (Å²) in [5.41, 5.74) is 2.83. The minimum atomic E-state index is -0.660. The number of ketones is 1.